The number of rotatable bonds is 2. The van der Waals surface area contributed by atoms with Gasteiger partial charge in [-0.2, -0.15) is 13.2 Å². The van der Waals surface area contributed by atoms with Gasteiger partial charge in [0.25, 0.3) is 0 Å². The van der Waals surface area contributed by atoms with Crippen molar-refractivity contribution < 1.29 is 22.4 Å². The summed E-state index contributed by atoms with van der Waals surface area (Å²) in [5, 5.41) is 0. The summed E-state index contributed by atoms with van der Waals surface area (Å²) in [6.07, 6.45) is -4.77. The number of aryl methyl sites for hydroxylation is 1. The molecule has 2 aromatic rings. The second-order valence-electron chi connectivity index (χ2n) is 4.46. The van der Waals surface area contributed by atoms with Gasteiger partial charge in [-0.05, 0) is 53.3 Å². The molecule has 0 atom stereocenters. The van der Waals surface area contributed by atoms with Gasteiger partial charge in [-0.25, -0.2) is 4.39 Å². The number of halogens is 5. The summed E-state index contributed by atoms with van der Waals surface area (Å²) < 4.78 is 51.7. The minimum atomic E-state index is -4.77. The highest BCUT2D eigenvalue weighted by Crippen LogP contribution is 2.32. The Kier molecular flexibility index (Phi) is 4.36. The van der Waals surface area contributed by atoms with Crippen LogP contribution in [0.25, 0.3) is 0 Å². The van der Waals surface area contributed by atoms with Crippen LogP contribution >= 0.6 is 22.6 Å². The minimum Gasteiger partial charge on any atom is -0.289 e. The van der Waals surface area contributed by atoms with Gasteiger partial charge < -0.3 is 0 Å². The quantitative estimate of drug-likeness (QED) is 0.389. The maximum atomic E-state index is 13.5. The number of ketones is 1. The van der Waals surface area contributed by atoms with Gasteiger partial charge in [0, 0.05) is 14.7 Å². The first-order chi connectivity index (χ1) is 9.71. The van der Waals surface area contributed by atoms with Crippen LogP contribution in [0.5, 0.6) is 0 Å². The first kappa shape index (κ1) is 15.9. The van der Waals surface area contributed by atoms with Gasteiger partial charge in [-0.15, -0.1) is 0 Å². The number of hydrogen-bond donors (Lipinski definition) is 0. The summed E-state index contributed by atoms with van der Waals surface area (Å²) in [6.45, 7) is 1.81. The molecule has 0 heterocycles. The van der Waals surface area contributed by atoms with Crippen molar-refractivity contribution in [2.45, 2.75) is 13.1 Å². The molecule has 0 aliphatic heterocycles. The Morgan fingerprint density at radius 3 is 2.38 bits per heavy atom. The van der Waals surface area contributed by atoms with Crippen LogP contribution in [0.3, 0.4) is 0 Å². The first-order valence-electron chi connectivity index (χ1n) is 5.88. The van der Waals surface area contributed by atoms with Crippen LogP contribution in [0.4, 0.5) is 17.6 Å². The van der Waals surface area contributed by atoms with Crippen LogP contribution in [0.15, 0.2) is 36.4 Å². The van der Waals surface area contributed by atoms with Crippen LogP contribution < -0.4 is 0 Å². The van der Waals surface area contributed by atoms with Crippen molar-refractivity contribution >= 4 is 28.4 Å². The fourth-order valence-electron chi connectivity index (χ4n) is 1.86. The average Bonchev–Trinajstić information content (AvgIpc) is 2.39. The van der Waals surface area contributed by atoms with Crippen molar-refractivity contribution in [3.05, 3.63) is 68.0 Å². The average molecular weight is 408 g/mol. The van der Waals surface area contributed by atoms with E-state index in [0.29, 0.717) is 21.3 Å². The van der Waals surface area contributed by atoms with E-state index >= 15 is 0 Å². The Labute approximate surface area is 132 Å². The van der Waals surface area contributed by atoms with E-state index in [1.165, 1.54) is 0 Å². The molecule has 0 aromatic heterocycles. The molecule has 0 aliphatic rings. The molecule has 0 spiro atoms. The molecule has 0 radical (unpaired) electrons. The molecule has 2 aromatic carbocycles. The number of benzene rings is 2. The van der Waals surface area contributed by atoms with Crippen molar-refractivity contribution in [2.75, 3.05) is 0 Å². The molecule has 0 aliphatic carbocycles. The Balaban J connectivity index is 2.46. The number of alkyl halides is 3. The smallest absolute Gasteiger partial charge is 0.289 e. The zero-order chi connectivity index (χ0) is 15.8. The van der Waals surface area contributed by atoms with Crippen molar-refractivity contribution in [3.8, 4) is 0 Å². The molecule has 6 heteroatoms. The SMILES string of the molecule is Cc1cccc(C(=O)c2ccc(C(F)(F)F)c(F)c2)c1I. The van der Waals surface area contributed by atoms with Crippen molar-refractivity contribution in [1.29, 1.82) is 0 Å². The monoisotopic (exact) mass is 408 g/mol. The highest BCUT2D eigenvalue weighted by atomic mass is 127. The Morgan fingerprint density at radius 2 is 1.81 bits per heavy atom. The summed E-state index contributed by atoms with van der Waals surface area (Å²) in [5.74, 6) is -1.95. The molecule has 0 bridgehead atoms. The lowest BCUT2D eigenvalue weighted by Crippen LogP contribution is -2.11. The second kappa shape index (κ2) is 5.75. The van der Waals surface area contributed by atoms with E-state index in [-0.39, 0.29) is 5.56 Å². The fraction of sp³-hybridized carbons (Fsp3) is 0.133. The van der Waals surface area contributed by atoms with Crippen LogP contribution in [0.2, 0.25) is 0 Å². The highest BCUT2D eigenvalue weighted by molar-refractivity contribution is 14.1. The van der Waals surface area contributed by atoms with Crippen LogP contribution in [-0.2, 0) is 6.18 Å². The van der Waals surface area contributed by atoms with E-state index in [1.807, 2.05) is 35.6 Å². The zero-order valence-corrected chi connectivity index (χ0v) is 12.9. The summed E-state index contributed by atoms with van der Waals surface area (Å²) >= 11 is 1.98. The van der Waals surface area contributed by atoms with Gasteiger partial charge >= 0.3 is 6.18 Å². The van der Waals surface area contributed by atoms with E-state index in [4.69, 9.17) is 0 Å². The third-order valence-electron chi connectivity index (χ3n) is 2.97. The lowest BCUT2D eigenvalue weighted by molar-refractivity contribution is -0.140. The third-order valence-corrected chi connectivity index (χ3v) is 4.40. The first-order valence-corrected chi connectivity index (χ1v) is 6.96. The summed E-state index contributed by atoms with van der Waals surface area (Å²) in [6, 6.07) is 7.26. The molecule has 0 saturated heterocycles. The maximum Gasteiger partial charge on any atom is 0.419 e. The number of carbonyl (C=O) groups excluding carboxylic acids is 1. The molecule has 0 N–H and O–H groups in total. The zero-order valence-electron chi connectivity index (χ0n) is 10.8. The minimum absolute atomic E-state index is 0.107. The topological polar surface area (TPSA) is 17.1 Å². The Morgan fingerprint density at radius 1 is 1.14 bits per heavy atom. The Bertz CT molecular complexity index is 707. The lowest BCUT2D eigenvalue weighted by atomic mass is 10.00. The van der Waals surface area contributed by atoms with E-state index in [0.717, 1.165) is 11.6 Å². The number of hydrogen-bond acceptors (Lipinski definition) is 1. The predicted octanol–water partition coefficient (Wildman–Crippen LogP) is 4.99. The molecule has 0 amide bonds. The van der Waals surface area contributed by atoms with Gasteiger partial charge in [-0.1, -0.05) is 18.2 Å². The summed E-state index contributed by atoms with van der Waals surface area (Å²) in [7, 11) is 0. The predicted molar refractivity (Wildman–Crippen MR) is 78.7 cm³/mol. The van der Waals surface area contributed by atoms with Gasteiger partial charge in [0.05, 0.1) is 5.56 Å². The van der Waals surface area contributed by atoms with Gasteiger partial charge in [0.15, 0.2) is 5.78 Å². The van der Waals surface area contributed by atoms with E-state index in [2.05, 4.69) is 0 Å². The lowest BCUT2D eigenvalue weighted by Gasteiger charge is -2.10. The molecule has 0 fully saturated rings. The third kappa shape index (κ3) is 3.25. The number of carbonyl (C=O) groups is 1. The van der Waals surface area contributed by atoms with Crippen LogP contribution in [-0.4, -0.2) is 5.78 Å². The fourth-order valence-corrected chi connectivity index (χ4v) is 2.47. The van der Waals surface area contributed by atoms with E-state index < -0.39 is 23.3 Å². The molecule has 0 saturated carbocycles. The maximum absolute atomic E-state index is 13.5. The van der Waals surface area contributed by atoms with Crippen molar-refractivity contribution in [3.63, 3.8) is 0 Å². The molecular formula is C15H9F4IO. The van der Waals surface area contributed by atoms with Crippen LogP contribution in [0, 0.1) is 16.3 Å². The standard InChI is InChI=1S/C15H9F4IO/c1-8-3-2-4-10(13(8)20)14(21)9-5-6-11(12(16)7-9)15(17,18)19/h2-7H,1H3. The summed E-state index contributed by atoms with van der Waals surface area (Å²) in [5.41, 5.74) is -0.273. The molecule has 1 nitrogen and oxygen atoms in total. The van der Waals surface area contributed by atoms with Gasteiger partial charge in [-0.3, -0.25) is 4.79 Å². The summed E-state index contributed by atoms with van der Waals surface area (Å²) in [4.78, 5) is 12.3. The second-order valence-corrected chi connectivity index (χ2v) is 5.54. The largest absolute Gasteiger partial charge is 0.419 e. The van der Waals surface area contributed by atoms with Crippen molar-refractivity contribution in [1.82, 2.24) is 0 Å². The van der Waals surface area contributed by atoms with Crippen molar-refractivity contribution in [2.24, 2.45) is 0 Å². The molecule has 2 rings (SSSR count). The molecule has 21 heavy (non-hydrogen) atoms. The highest BCUT2D eigenvalue weighted by Gasteiger charge is 2.34. The Hall–Kier alpha value is -1.44. The molecule has 0 unspecified atom stereocenters. The normalized spacial score (nSPS) is 11.5. The van der Waals surface area contributed by atoms with Gasteiger partial charge in [0.1, 0.15) is 5.82 Å². The molecular weight excluding hydrogens is 399 g/mol. The van der Waals surface area contributed by atoms with Crippen LogP contribution in [0.1, 0.15) is 27.0 Å². The van der Waals surface area contributed by atoms with E-state index in [1.54, 1.807) is 12.1 Å². The molecule has 110 valence electrons. The van der Waals surface area contributed by atoms with Gasteiger partial charge in [0.2, 0.25) is 0 Å². The van der Waals surface area contributed by atoms with E-state index in [9.17, 15) is 22.4 Å².